The standard InChI is InChI=1S/7C17H27NO2/c7*1-18(2)13-16(17(19)11-5-4-6-12-17)14-7-9-15(20-3)10-8-14/h7*7-10,16,19H,4-6,11-13H2,1-3H3/i1D3,2D3,4D2,5D2,6D2,7D,8D,9D,10D,11D2,12D2,13D2,16D;1D3,4D2,5D2,6D2,7D,8D,9D,10D,11D2,12D2,13D2,16D;1D3,2D3,4D2,5D2,6D2,7D,8D,9D,10D,11D2,12D2,16D;1D3,2D3,4D2,5D2,6D2,7D,8D,9D,10D,11D2,12D2,13D2;4D2,5D2,6D2,7D,8D,9D,10D,11D2,12D2,13D2,16D;1D3,4D2,5D2,6D2,7D,8D,9D,10D,11D2,12D2,16D;4D2,5D2,6D2,7D,8D,9D,10D,11D2,12D2,16D. The van der Waals surface area contributed by atoms with E-state index in [1.165, 1.54) is 14.1 Å². The summed E-state index contributed by atoms with van der Waals surface area (Å²) in [6, 6.07) is -34.1. The van der Waals surface area contributed by atoms with Crippen LogP contribution in [0.4, 0.5) is 0 Å². The van der Waals surface area contributed by atoms with E-state index in [1.807, 2.05) is 0 Å². The highest BCUT2D eigenvalue weighted by atomic mass is 16.5. The first-order chi connectivity index (χ1) is 120. The zero-order valence-corrected chi connectivity index (χ0v) is 75.8. The molecule has 7 aliphatic rings. The fraction of sp³-hybridized carbons (Fsp3) is 0.647. The summed E-state index contributed by atoms with van der Waals surface area (Å²) in [6.07, 6.45) is -149. The smallest absolute Gasteiger partial charge is 0.118 e. The number of rotatable bonds is 35. The lowest BCUT2D eigenvalue weighted by molar-refractivity contribution is -0.0280. The molecular formula is C119H189N7O14. The van der Waals surface area contributed by atoms with Crippen molar-refractivity contribution in [1.82, 2.24) is 34.3 Å². The van der Waals surface area contributed by atoms with Crippen LogP contribution >= 0.6 is 0 Å². The van der Waals surface area contributed by atoms with Crippen LogP contribution in [-0.2, 0) is 0 Å². The van der Waals surface area contributed by atoms with Crippen LogP contribution in [-0.4, -0.2) is 303 Å². The molecule has 140 heavy (non-hydrogen) atoms. The van der Waals surface area contributed by atoms with E-state index in [9.17, 15) is 44.0 Å². The monoisotopic (exact) mass is 2080 g/mol. The van der Waals surface area contributed by atoms with Crippen LogP contribution in [0.5, 0.6) is 40.2 Å². The van der Waals surface area contributed by atoms with Gasteiger partial charge in [-0.15, -0.1) is 0 Å². The lowest BCUT2D eigenvalue weighted by Crippen LogP contribution is -2.42. The Hall–Kier alpha value is -7.42. The van der Waals surface area contributed by atoms with E-state index in [0.717, 1.165) is 75.8 Å². The second-order valence-corrected chi connectivity index (χ2v) is 27.6. The number of likely N-dealkylation sites (N-methyl/N-ethyl adjacent to an activating group) is 7. The summed E-state index contributed by atoms with van der Waals surface area (Å²) >= 11 is 0. The minimum absolute atomic E-state index is 0.300. The molecule has 7 aromatic carbocycles. The van der Waals surface area contributed by atoms with Gasteiger partial charge in [0.05, 0.1) is 127 Å². The summed E-state index contributed by atoms with van der Waals surface area (Å²) in [5.74, 6) is -33.4. The lowest BCUT2D eigenvalue weighted by Gasteiger charge is -2.40. The maximum absolute atomic E-state index is 12.1. The second-order valence-electron chi connectivity index (χ2n) is 27.6. The summed E-state index contributed by atoms with van der Waals surface area (Å²) < 4.78 is 1150. The molecule has 7 aromatic rings. The Kier molecular flexibility index (Phi) is 12.7. The van der Waals surface area contributed by atoms with Crippen molar-refractivity contribution >= 4 is 0 Å². The maximum Gasteiger partial charge on any atom is 0.118 e. The molecule has 0 spiro atoms. The van der Waals surface area contributed by atoms with Crippen molar-refractivity contribution in [2.45, 2.75) is 304 Å². The van der Waals surface area contributed by atoms with Crippen LogP contribution < -0.4 is 33.2 Å². The molecule has 7 N–H and O–H groups in total. The average Bonchev–Trinajstić information content (AvgIpc) is 0.632. The van der Waals surface area contributed by atoms with E-state index >= 15 is 0 Å². The Morgan fingerprint density at radius 3 is 0.607 bits per heavy atom. The van der Waals surface area contributed by atoms with Crippen molar-refractivity contribution < 1.29 is 255 Å². The summed E-state index contributed by atoms with van der Waals surface area (Å²) in [5, 5.41) is 84.1. The van der Waals surface area contributed by atoms with Crippen LogP contribution in [0.15, 0.2) is 169 Å². The Morgan fingerprint density at radius 2 is 0.400 bits per heavy atom. The molecule has 0 heterocycles. The van der Waals surface area contributed by atoms with Gasteiger partial charge in [0.25, 0.3) is 0 Å². The minimum Gasteiger partial charge on any atom is -0.497 e. The van der Waals surface area contributed by atoms with E-state index < -0.39 is 668 Å². The number of hydrogen-bond acceptors (Lipinski definition) is 21. The molecule has 784 valence electrons. The quantitative estimate of drug-likeness (QED) is 0.0196. The highest BCUT2D eigenvalue weighted by Gasteiger charge is 2.46. The number of aliphatic hydroxyl groups is 7. The third-order valence-electron chi connectivity index (χ3n) is 17.0. The summed E-state index contributed by atoms with van der Waals surface area (Å²) in [7, 11) is 12.4. The first kappa shape index (κ1) is 30.2. The molecule has 0 amide bonds. The number of hydrogen-bond donors (Lipinski definition) is 7. The first-order valence-corrected chi connectivity index (χ1v) is 38.8. The number of methoxy groups -OCH3 is 7. The van der Waals surface area contributed by atoms with Crippen molar-refractivity contribution in [1.29, 1.82) is 0 Å². The zero-order chi connectivity index (χ0) is 222. The van der Waals surface area contributed by atoms with Gasteiger partial charge in [0.1, 0.15) is 40.2 Å². The summed E-state index contributed by atoms with van der Waals surface area (Å²) in [5.41, 5.74) is -42.8. The van der Waals surface area contributed by atoms with Gasteiger partial charge in [-0.25, -0.2) is 0 Å². The van der Waals surface area contributed by atoms with E-state index in [1.54, 1.807) is 0 Å². The molecule has 0 aliphatic heterocycles. The third-order valence-corrected chi connectivity index (χ3v) is 17.0. The zero-order valence-electron chi connectivity index (χ0n) is 212. The molecule has 7 unspecified atom stereocenters. The second kappa shape index (κ2) is 58.7. The normalized spacial score (nSPS) is 49.1. The molecule has 14 rings (SSSR count). The van der Waals surface area contributed by atoms with Gasteiger partial charge in [0.2, 0.25) is 0 Å². The van der Waals surface area contributed by atoms with Gasteiger partial charge in [-0.05, 0) is 311 Å². The first-order valence-electron chi connectivity index (χ1n) is 107. The average molecular weight is 2080 g/mol. The van der Waals surface area contributed by atoms with Gasteiger partial charge < -0.3 is 103 Å². The van der Waals surface area contributed by atoms with Gasteiger partial charge in [-0.1, -0.05) is 218 Å². The SMILES string of the molecule is [2H]c1c([2H])c(C(C([2H])([2H])N(C([2H])([2H])[2H])C([2H])([2H])[2H])C2(O)C([2H])([2H])C([2H])([2H])C([2H])([2H])C([2H])([2H])C2([2H])[2H])c([2H])c([2H])c1OC.[2H]c1c([2H])c(C([2H])(C([2H])([2H])N(C([2H])([2H])[2H])C([2H])([2H])[2H])C2(O)C([2H])([2H])C([2H])([2H])C([2H])([2H])C([2H])([2H])C2([2H])[2H])c([2H])c([2H])c1OC.[2H]c1c([2H])c(C([2H])(C([2H])([2H])N(C)C([2H])([2H])[2H])C2(O)C([2H])([2H])C([2H])([2H])C([2H])([2H])C([2H])([2H])C2([2H])[2H])c([2H])c([2H])c1OC.[2H]c1c([2H])c(C([2H])(C([2H])([2H])N(C)C)C2(O)C([2H])([2H])C([2H])([2H])C([2H])([2H])C([2H])([2H])C2([2H])[2H])c([2H])c([2H])c1OC.[2H]c1c([2H])c(C([2H])(CN(C([2H])([2H])[2H])C([2H])([2H])[2H])C2(O)C([2H])([2H])C([2H])([2H])C([2H])([2H])C([2H])([2H])C2([2H])[2H])c([2H])c([2H])c1OC.[2H]c1c([2H])c(C([2H])(CN(C)C([2H])([2H])[2H])C2(O)C([2H])([2H])C([2H])([2H])C([2H])([2H])C([2H])([2H])C2([2H])[2H])c([2H])c([2H])c1OC.[2H]c1c([2H])c(C([2H])(CN(C)C)C2(O)C([2H])([2H])C([2H])([2H])C([2H])([2H])C([2H])([2H])C2([2H])[2H])c([2H])c([2H])c1OC. The Balaban J connectivity index is 0.000000376. The van der Waals surface area contributed by atoms with Gasteiger partial charge in [0.15, 0.2) is 0 Å². The molecule has 7 aliphatic carbocycles. The van der Waals surface area contributed by atoms with Gasteiger partial charge in [-0.2, -0.15) is 0 Å². The highest BCUT2D eigenvalue weighted by molar-refractivity contribution is 5.38. The maximum atomic E-state index is 12.1. The minimum atomic E-state index is -5.11. The molecule has 0 bridgehead atoms. The van der Waals surface area contributed by atoms with Crippen LogP contribution in [0.3, 0.4) is 0 Å². The Bertz CT molecular complexity index is 11200. The van der Waals surface area contributed by atoms with Gasteiger partial charge >= 0.3 is 0 Å². The fourth-order valence-corrected chi connectivity index (χ4v) is 10.7. The molecule has 21 nitrogen and oxygen atoms in total. The topological polar surface area (TPSA) is 229 Å². The highest BCUT2D eigenvalue weighted by Crippen LogP contribution is 2.49. The molecule has 0 saturated heterocycles. The Labute approximate surface area is 1040 Å². The van der Waals surface area contributed by atoms with Crippen molar-refractivity contribution in [3.05, 3.63) is 208 Å². The molecule has 7 fully saturated rings. The van der Waals surface area contributed by atoms with Crippen molar-refractivity contribution in [2.75, 3.05) is 193 Å². The molecule has 7 atom stereocenters. The number of ether oxygens (including phenoxy) is 7. The van der Waals surface area contributed by atoms with Crippen LogP contribution in [0.2, 0.25) is 0 Å². The molecule has 0 aromatic heterocycles. The lowest BCUT2D eigenvalue weighted by atomic mass is 9.72. The van der Waals surface area contributed by atoms with Crippen LogP contribution in [0.1, 0.15) is 490 Å². The van der Waals surface area contributed by atoms with Crippen molar-refractivity contribution in [3.63, 3.8) is 0 Å². The predicted molar refractivity (Wildman–Crippen MR) is 576 cm³/mol. The molecule has 7 saturated carbocycles. The largest absolute Gasteiger partial charge is 0.497 e. The third kappa shape index (κ3) is 36.7. The molecule has 0 radical (unpaired) electrons. The summed E-state index contributed by atoms with van der Waals surface area (Å²) in [4.78, 5) is -0.948. The van der Waals surface area contributed by atoms with E-state index in [2.05, 4.69) is 0 Å². The van der Waals surface area contributed by atoms with Crippen molar-refractivity contribution in [2.24, 2.45) is 0 Å². The number of benzene rings is 7. The van der Waals surface area contributed by atoms with Crippen LogP contribution in [0, 0.1) is 0 Å². The van der Waals surface area contributed by atoms with Crippen LogP contribution in [0.25, 0.3) is 0 Å². The Morgan fingerprint density at radius 1 is 0.229 bits per heavy atom. The molecule has 21 heteroatoms. The van der Waals surface area contributed by atoms with E-state index in [0.29, 0.717) is 16.8 Å². The van der Waals surface area contributed by atoms with E-state index in [4.69, 9.17) is 211 Å². The van der Waals surface area contributed by atoms with E-state index in [-0.39, 0.29) is 4.90 Å². The van der Waals surface area contributed by atoms with Gasteiger partial charge in [0, 0.05) is 235 Å². The fourth-order valence-electron chi connectivity index (χ4n) is 10.7. The predicted octanol–water partition coefficient (Wildman–Crippen LogP) is 21.2. The van der Waals surface area contributed by atoms with Gasteiger partial charge in [-0.3, -0.25) is 0 Å². The van der Waals surface area contributed by atoms with Crippen molar-refractivity contribution in [3.8, 4) is 40.2 Å². The molecular weight excluding hydrogens is 1750 g/mol. The summed E-state index contributed by atoms with van der Waals surface area (Å²) in [6.45, 7) is -52.3. The number of nitrogens with zero attached hydrogens (tertiary/aromatic N) is 7.